The maximum Gasteiger partial charge on any atom is 0.227 e. The summed E-state index contributed by atoms with van der Waals surface area (Å²) in [6.45, 7) is 7.04. The normalized spacial score (nSPS) is 19.8. The first-order valence-electron chi connectivity index (χ1n) is 11.2. The highest BCUT2D eigenvalue weighted by molar-refractivity contribution is 7.18. The monoisotopic (exact) mass is 436 g/mol. The third-order valence-corrected chi connectivity index (χ3v) is 7.53. The Balaban J connectivity index is 1.26. The number of piperazine rings is 1. The predicted octanol–water partition coefficient (Wildman–Crippen LogP) is 3.21. The number of aryl methyl sites for hydroxylation is 1. The van der Waals surface area contributed by atoms with E-state index in [1.807, 2.05) is 29.3 Å². The van der Waals surface area contributed by atoms with Gasteiger partial charge in [-0.25, -0.2) is 15.0 Å². The van der Waals surface area contributed by atoms with E-state index in [-0.39, 0.29) is 11.8 Å². The number of aromatic nitrogens is 3. The average molecular weight is 437 g/mol. The summed E-state index contributed by atoms with van der Waals surface area (Å²) in [7, 11) is 0. The Labute approximate surface area is 186 Å². The van der Waals surface area contributed by atoms with Gasteiger partial charge < -0.3 is 14.7 Å². The smallest absolute Gasteiger partial charge is 0.227 e. The molecular weight excluding hydrogens is 408 g/mol. The first-order valence-corrected chi connectivity index (χ1v) is 12.0. The molecule has 0 spiro atoms. The molecule has 0 unspecified atom stereocenters. The largest absolute Gasteiger partial charge is 0.355 e. The summed E-state index contributed by atoms with van der Waals surface area (Å²) in [6, 6.07) is 8.20. The number of piperidine rings is 1. The van der Waals surface area contributed by atoms with Crippen LogP contribution in [0.5, 0.6) is 0 Å². The van der Waals surface area contributed by atoms with Crippen molar-refractivity contribution < 1.29 is 4.79 Å². The number of thiophene rings is 1. The quantitative estimate of drug-likeness (QED) is 0.626. The van der Waals surface area contributed by atoms with E-state index in [0.29, 0.717) is 0 Å². The van der Waals surface area contributed by atoms with Crippen molar-refractivity contribution in [3.8, 4) is 0 Å². The lowest BCUT2D eigenvalue weighted by atomic mass is 9.96. The minimum Gasteiger partial charge on any atom is -0.355 e. The maximum absolute atomic E-state index is 13.3. The van der Waals surface area contributed by atoms with E-state index in [0.717, 1.165) is 80.4 Å². The van der Waals surface area contributed by atoms with Gasteiger partial charge in [-0.3, -0.25) is 4.79 Å². The third kappa shape index (κ3) is 4.08. The number of nitrogens with zero attached hydrogens (tertiary/aromatic N) is 6. The topological polar surface area (TPSA) is 65.5 Å². The molecule has 162 valence electrons. The molecule has 0 aromatic carbocycles. The second kappa shape index (κ2) is 8.78. The molecule has 8 heteroatoms. The molecule has 1 atom stereocenters. The Kier molecular flexibility index (Phi) is 5.72. The number of carbonyl (C=O) groups is 1. The first-order chi connectivity index (χ1) is 15.2. The summed E-state index contributed by atoms with van der Waals surface area (Å²) >= 11 is 1.74. The molecule has 3 aromatic heterocycles. The zero-order chi connectivity index (χ0) is 21.2. The van der Waals surface area contributed by atoms with E-state index < -0.39 is 0 Å². The van der Waals surface area contributed by atoms with Crippen LogP contribution in [0.3, 0.4) is 0 Å². The van der Waals surface area contributed by atoms with E-state index in [1.54, 1.807) is 17.7 Å². The Morgan fingerprint density at radius 3 is 2.74 bits per heavy atom. The van der Waals surface area contributed by atoms with E-state index >= 15 is 0 Å². The summed E-state index contributed by atoms with van der Waals surface area (Å²) in [5.74, 6) is 2.30. The highest BCUT2D eigenvalue weighted by atomic mass is 32.1. The molecular formula is C23H28N6OS. The van der Waals surface area contributed by atoms with Gasteiger partial charge in [0.25, 0.3) is 0 Å². The van der Waals surface area contributed by atoms with E-state index in [1.165, 1.54) is 4.88 Å². The maximum atomic E-state index is 13.3. The molecule has 2 fully saturated rings. The fourth-order valence-electron chi connectivity index (χ4n) is 4.65. The van der Waals surface area contributed by atoms with E-state index in [4.69, 9.17) is 0 Å². The molecule has 0 bridgehead atoms. The first kappa shape index (κ1) is 20.2. The SMILES string of the molecule is CCc1cc2c(N3CCC[C@@H](C(=O)N4CCN(c5ccccn5)CC4)C3)ncnc2s1. The van der Waals surface area contributed by atoms with Gasteiger partial charge in [-0.15, -0.1) is 11.3 Å². The van der Waals surface area contributed by atoms with Gasteiger partial charge in [-0.1, -0.05) is 13.0 Å². The van der Waals surface area contributed by atoms with Gasteiger partial charge in [0.2, 0.25) is 5.91 Å². The van der Waals surface area contributed by atoms with Crippen LogP contribution in [0.1, 0.15) is 24.6 Å². The third-order valence-electron chi connectivity index (χ3n) is 6.34. The molecule has 5 rings (SSSR count). The van der Waals surface area contributed by atoms with Crippen molar-refractivity contribution in [2.24, 2.45) is 5.92 Å². The van der Waals surface area contributed by atoms with Gasteiger partial charge in [0, 0.05) is 50.3 Å². The van der Waals surface area contributed by atoms with Crippen molar-refractivity contribution in [3.63, 3.8) is 0 Å². The molecule has 2 saturated heterocycles. The molecule has 31 heavy (non-hydrogen) atoms. The standard InChI is InChI=1S/C23H28N6OS/c1-2-18-14-19-21(25-16-26-22(19)31-18)29-9-5-6-17(15-29)23(30)28-12-10-27(11-13-28)20-7-3-4-8-24-20/h3-4,7-8,14,16-17H,2,5-6,9-13,15H2,1H3/t17-/m1/s1. The summed E-state index contributed by atoms with van der Waals surface area (Å²) in [6.07, 6.45) is 6.46. The summed E-state index contributed by atoms with van der Waals surface area (Å²) in [5.41, 5.74) is 0. The van der Waals surface area contributed by atoms with Crippen LogP contribution in [0.25, 0.3) is 10.2 Å². The molecule has 0 radical (unpaired) electrons. The minimum atomic E-state index is 0.0319. The second-order valence-electron chi connectivity index (χ2n) is 8.27. The lowest BCUT2D eigenvalue weighted by molar-refractivity contribution is -0.136. The summed E-state index contributed by atoms with van der Waals surface area (Å²) in [5, 5.41) is 1.13. The van der Waals surface area contributed by atoms with Gasteiger partial charge in [0.15, 0.2) is 0 Å². The molecule has 5 heterocycles. The van der Waals surface area contributed by atoms with Gasteiger partial charge >= 0.3 is 0 Å². The molecule has 7 nitrogen and oxygen atoms in total. The average Bonchev–Trinajstić information content (AvgIpc) is 3.28. The lowest BCUT2D eigenvalue weighted by Crippen LogP contribution is -2.52. The number of anilines is 2. The molecule has 0 saturated carbocycles. The van der Waals surface area contributed by atoms with Crippen molar-refractivity contribution in [2.75, 3.05) is 49.1 Å². The minimum absolute atomic E-state index is 0.0319. The van der Waals surface area contributed by atoms with E-state index in [9.17, 15) is 4.79 Å². The van der Waals surface area contributed by atoms with E-state index in [2.05, 4.69) is 37.7 Å². The number of pyridine rings is 1. The molecule has 0 N–H and O–H groups in total. The lowest BCUT2D eigenvalue weighted by Gasteiger charge is -2.39. The van der Waals surface area contributed by atoms with Gasteiger partial charge in [-0.05, 0) is 37.5 Å². The van der Waals surface area contributed by atoms with Crippen LogP contribution >= 0.6 is 11.3 Å². The van der Waals surface area contributed by atoms with Crippen molar-refractivity contribution in [1.29, 1.82) is 0 Å². The zero-order valence-corrected chi connectivity index (χ0v) is 18.7. The van der Waals surface area contributed by atoms with Crippen molar-refractivity contribution in [3.05, 3.63) is 41.7 Å². The zero-order valence-electron chi connectivity index (χ0n) is 17.9. The highest BCUT2D eigenvalue weighted by Crippen LogP contribution is 2.33. The number of rotatable bonds is 4. The Morgan fingerprint density at radius 1 is 1.10 bits per heavy atom. The molecule has 2 aliphatic heterocycles. The van der Waals surface area contributed by atoms with Gasteiger partial charge in [0.1, 0.15) is 22.8 Å². The molecule has 0 aliphatic carbocycles. The Morgan fingerprint density at radius 2 is 1.97 bits per heavy atom. The van der Waals surface area contributed by atoms with Crippen LogP contribution in [0, 0.1) is 5.92 Å². The van der Waals surface area contributed by atoms with Crippen LogP contribution in [0.4, 0.5) is 11.6 Å². The molecule has 2 aliphatic rings. The number of carbonyl (C=O) groups excluding carboxylic acids is 1. The number of fused-ring (bicyclic) bond motifs is 1. The van der Waals surface area contributed by atoms with Crippen LogP contribution in [-0.4, -0.2) is 65.0 Å². The number of hydrogen-bond donors (Lipinski definition) is 0. The second-order valence-corrected chi connectivity index (χ2v) is 9.38. The number of amides is 1. The Hall–Kier alpha value is -2.74. The van der Waals surface area contributed by atoms with Crippen LogP contribution in [0.2, 0.25) is 0 Å². The van der Waals surface area contributed by atoms with Crippen molar-refractivity contribution in [2.45, 2.75) is 26.2 Å². The van der Waals surface area contributed by atoms with Crippen molar-refractivity contribution in [1.82, 2.24) is 19.9 Å². The fraction of sp³-hybridized carbons (Fsp3) is 0.478. The fourth-order valence-corrected chi connectivity index (χ4v) is 5.57. The van der Waals surface area contributed by atoms with Gasteiger partial charge in [-0.2, -0.15) is 0 Å². The summed E-state index contributed by atoms with van der Waals surface area (Å²) in [4.78, 5) is 35.8. The van der Waals surface area contributed by atoms with Crippen LogP contribution in [0.15, 0.2) is 36.8 Å². The Bertz CT molecular complexity index is 1050. The predicted molar refractivity (Wildman–Crippen MR) is 125 cm³/mol. The van der Waals surface area contributed by atoms with Gasteiger partial charge in [0.05, 0.1) is 11.3 Å². The van der Waals surface area contributed by atoms with Crippen LogP contribution < -0.4 is 9.80 Å². The molecule has 3 aromatic rings. The van der Waals surface area contributed by atoms with Crippen LogP contribution in [-0.2, 0) is 11.2 Å². The number of hydrogen-bond acceptors (Lipinski definition) is 7. The van der Waals surface area contributed by atoms with Crippen molar-refractivity contribution >= 4 is 39.1 Å². The highest BCUT2D eigenvalue weighted by Gasteiger charge is 2.32. The summed E-state index contributed by atoms with van der Waals surface area (Å²) < 4.78 is 0. The molecule has 1 amide bonds.